The summed E-state index contributed by atoms with van der Waals surface area (Å²) in [6, 6.07) is 0. The molecule has 2 saturated carbocycles. The second-order valence-electron chi connectivity index (χ2n) is 5.13. The quantitative estimate of drug-likeness (QED) is 0.660. The van der Waals surface area contributed by atoms with Gasteiger partial charge in [-0.25, -0.2) is 0 Å². The first-order chi connectivity index (χ1) is 6.31. The van der Waals surface area contributed by atoms with Crippen LogP contribution in [0.2, 0.25) is 0 Å². The van der Waals surface area contributed by atoms with Gasteiger partial charge in [-0.2, -0.15) is 0 Å². The van der Waals surface area contributed by atoms with Crippen LogP contribution in [-0.2, 0) is 0 Å². The summed E-state index contributed by atoms with van der Waals surface area (Å²) in [5.41, 5.74) is 6.78. The highest BCUT2D eigenvalue weighted by Crippen LogP contribution is 2.39. The van der Waals surface area contributed by atoms with Crippen LogP contribution < -0.4 is 5.73 Å². The van der Waals surface area contributed by atoms with Crippen LogP contribution in [0.15, 0.2) is 0 Å². The van der Waals surface area contributed by atoms with E-state index in [1.807, 2.05) is 0 Å². The molecule has 1 heteroatoms. The largest absolute Gasteiger partial charge is 0.325 e. The van der Waals surface area contributed by atoms with E-state index < -0.39 is 0 Å². The van der Waals surface area contributed by atoms with E-state index in [1.54, 1.807) is 0 Å². The van der Waals surface area contributed by atoms with E-state index in [2.05, 4.69) is 0 Å². The highest BCUT2D eigenvalue weighted by molar-refractivity contribution is 4.94. The van der Waals surface area contributed by atoms with Gasteiger partial charge in [-0.15, -0.1) is 0 Å². The van der Waals surface area contributed by atoms with Gasteiger partial charge in [0.25, 0.3) is 0 Å². The van der Waals surface area contributed by atoms with Gasteiger partial charge in [0.2, 0.25) is 0 Å². The third-order valence-corrected chi connectivity index (χ3v) is 4.20. The molecule has 2 fully saturated rings. The van der Waals surface area contributed by atoms with E-state index in [-0.39, 0.29) is 5.54 Å². The van der Waals surface area contributed by atoms with E-state index in [1.165, 1.54) is 64.2 Å². The second kappa shape index (κ2) is 4.00. The van der Waals surface area contributed by atoms with Crippen LogP contribution in [0.25, 0.3) is 0 Å². The van der Waals surface area contributed by atoms with Crippen LogP contribution in [0.1, 0.15) is 64.2 Å². The van der Waals surface area contributed by atoms with Gasteiger partial charge in [-0.3, -0.25) is 0 Å². The number of nitrogens with two attached hydrogens (primary N) is 1. The monoisotopic (exact) mass is 181 g/mol. The summed E-state index contributed by atoms with van der Waals surface area (Å²) in [6.45, 7) is 0. The fourth-order valence-corrected chi connectivity index (χ4v) is 3.30. The van der Waals surface area contributed by atoms with Crippen molar-refractivity contribution in [1.29, 1.82) is 0 Å². The predicted octanol–water partition coefficient (Wildman–Crippen LogP) is 3.23. The van der Waals surface area contributed by atoms with Crippen molar-refractivity contribution in [2.75, 3.05) is 0 Å². The van der Waals surface area contributed by atoms with Crippen LogP contribution in [0.5, 0.6) is 0 Å². The van der Waals surface area contributed by atoms with Gasteiger partial charge in [-0.05, 0) is 31.6 Å². The Hall–Kier alpha value is -0.0400. The van der Waals surface area contributed by atoms with E-state index in [9.17, 15) is 0 Å². The van der Waals surface area contributed by atoms with E-state index in [4.69, 9.17) is 5.73 Å². The van der Waals surface area contributed by atoms with E-state index in [0.29, 0.717) is 0 Å². The van der Waals surface area contributed by atoms with Gasteiger partial charge >= 0.3 is 0 Å². The molecule has 2 aliphatic rings. The Balaban J connectivity index is 1.94. The molecule has 0 aliphatic heterocycles. The minimum absolute atomic E-state index is 0.249. The normalized spacial score (nSPS) is 30.2. The molecule has 0 bridgehead atoms. The van der Waals surface area contributed by atoms with Crippen molar-refractivity contribution in [2.45, 2.75) is 69.7 Å². The van der Waals surface area contributed by atoms with Crippen molar-refractivity contribution >= 4 is 0 Å². The number of hydrogen-bond acceptors (Lipinski definition) is 1. The van der Waals surface area contributed by atoms with Crippen LogP contribution in [0, 0.1) is 5.92 Å². The first-order valence-electron chi connectivity index (χ1n) is 6.10. The topological polar surface area (TPSA) is 26.0 Å². The van der Waals surface area contributed by atoms with Crippen LogP contribution >= 0.6 is 0 Å². The van der Waals surface area contributed by atoms with Crippen LogP contribution in [-0.4, -0.2) is 5.54 Å². The summed E-state index contributed by atoms with van der Waals surface area (Å²) in [4.78, 5) is 0. The summed E-state index contributed by atoms with van der Waals surface area (Å²) < 4.78 is 0. The average Bonchev–Trinajstić information content (AvgIpc) is 2.20. The molecule has 0 radical (unpaired) electrons. The zero-order valence-corrected chi connectivity index (χ0v) is 8.73. The van der Waals surface area contributed by atoms with Gasteiger partial charge < -0.3 is 5.73 Å². The Bertz CT molecular complexity index is 153. The van der Waals surface area contributed by atoms with Crippen LogP contribution in [0.4, 0.5) is 0 Å². The maximum Gasteiger partial charge on any atom is 0.0182 e. The minimum atomic E-state index is 0.249. The molecule has 0 amide bonds. The standard InChI is InChI=1S/C12H23N/c13-12(9-5-2-6-10-12)11-7-3-1-4-8-11/h11H,1-10,13H2. The van der Waals surface area contributed by atoms with E-state index >= 15 is 0 Å². The first-order valence-corrected chi connectivity index (χ1v) is 6.10. The molecule has 2 N–H and O–H groups in total. The molecule has 0 aromatic heterocycles. The zero-order chi connectivity index (χ0) is 9.15. The SMILES string of the molecule is NC1(C2CCCCC2)CCCCC1. The Morgan fingerprint density at radius 1 is 0.769 bits per heavy atom. The zero-order valence-electron chi connectivity index (χ0n) is 8.73. The summed E-state index contributed by atoms with van der Waals surface area (Å²) in [5.74, 6) is 0.863. The van der Waals surface area contributed by atoms with Gasteiger partial charge in [0.1, 0.15) is 0 Å². The highest BCUT2D eigenvalue weighted by Gasteiger charge is 2.36. The predicted molar refractivity (Wildman–Crippen MR) is 56.6 cm³/mol. The van der Waals surface area contributed by atoms with E-state index in [0.717, 1.165) is 5.92 Å². The molecule has 0 spiro atoms. The molecule has 0 heterocycles. The van der Waals surface area contributed by atoms with Crippen molar-refractivity contribution in [3.63, 3.8) is 0 Å². The summed E-state index contributed by atoms with van der Waals surface area (Å²) in [6.07, 6.45) is 13.9. The summed E-state index contributed by atoms with van der Waals surface area (Å²) >= 11 is 0. The van der Waals surface area contributed by atoms with Crippen molar-refractivity contribution in [1.82, 2.24) is 0 Å². The molecule has 76 valence electrons. The van der Waals surface area contributed by atoms with Gasteiger partial charge in [-0.1, -0.05) is 38.5 Å². The third kappa shape index (κ3) is 2.07. The van der Waals surface area contributed by atoms with Crippen molar-refractivity contribution < 1.29 is 0 Å². The van der Waals surface area contributed by atoms with Crippen molar-refractivity contribution in [3.05, 3.63) is 0 Å². The maximum absolute atomic E-state index is 6.53. The lowest BCUT2D eigenvalue weighted by Crippen LogP contribution is -2.49. The number of rotatable bonds is 1. The molecule has 0 aromatic rings. The molecule has 0 aromatic carbocycles. The maximum atomic E-state index is 6.53. The molecular weight excluding hydrogens is 158 g/mol. The lowest BCUT2D eigenvalue weighted by molar-refractivity contribution is 0.154. The molecule has 0 saturated heterocycles. The third-order valence-electron chi connectivity index (χ3n) is 4.20. The molecule has 2 aliphatic carbocycles. The molecular formula is C12H23N. The lowest BCUT2D eigenvalue weighted by atomic mass is 9.68. The van der Waals surface area contributed by atoms with Crippen molar-refractivity contribution in [3.8, 4) is 0 Å². The molecule has 13 heavy (non-hydrogen) atoms. The fraction of sp³-hybridized carbons (Fsp3) is 1.00. The fourth-order valence-electron chi connectivity index (χ4n) is 3.30. The highest BCUT2D eigenvalue weighted by atomic mass is 14.8. The molecule has 0 atom stereocenters. The summed E-state index contributed by atoms with van der Waals surface area (Å²) in [5, 5.41) is 0. The molecule has 2 rings (SSSR count). The Labute approximate surface area is 82.1 Å². The lowest BCUT2D eigenvalue weighted by Gasteiger charge is -2.42. The Morgan fingerprint density at radius 3 is 1.92 bits per heavy atom. The second-order valence-corrected chi connectivity index (χ2v) is 5.13. The van der Waals surface area contributed by atoms with Crippen LogP contribution in [0.3, 0.4) is 0 Å². The smallest absolute Gasteiger partial charge is 0.0182 e. The summed E-state index contributed by atoms with van der Waals surface area (Å²) in [7, 11) is 0. The van der Waals surface area contributed by atoms with Gasteiger partial charge in [0.05, 0.1) is 0 Å². The number of hydrogen-bond donors (Lipinski definition) is 1. The first kappa shape index (κ1) is 9.51. The average molecular weight is 181 g/mol. The minimum Gasteiger partial charge on any atom is -0.325 e. The van der Waals surface area contributed by atoms with Crippen molar-refractivity contribution in [2.24, 2.45) is 11.7 Å². The molecule has 0 unspecified atom stereocenters. The Morgan fingerprint density at radius 2 is 1.31 bits per heavy atom. The van der Waals surface area contributed by atoms with Gasteiger partial charge in [0.15, 0.2) is 0 Å². The molecule has 1 nitrogen and oxygen atoms in total. The Kier molecular flexibility index (Phi) is 2.92. The van der Waals surface area contributed by atoms with Gasteiger partial charge in [0, 0.05) is 5.54 Å².